The SMILES string of the molecule is CCOC(=O)C(C)(N)CCOC(C)(C)C. The Labute approximate surface area is 92.1 Å². The lowest BCUT2D eigenvalue weighted by Crippen LogP contribution is -2.47. The fourth-order valence-corrected chi connectivity index (χ4v) is 0.967. The summed E-state index contributed by atoms with van der Waals surface area (Å²) in [6.07, 6.45) is 0.461. The number of hydrogen-bond acceptors (Lipinski definition) is 4. The smallest absolute Gasteiger partial charge is 0.325 e. The van der Waals surface area contributed by atoms with Gasteiger partial charge >= 0.3 is 5.97 Å². The molecule has 0 fully saturated rings. The molecule has 0 saturated carbocycles. The van der Waals surface area contributed by atoms with Gasteiger partial charge in [-0.2, -0.15) is 0 Å². The minimum atomic E-state index is -0.957. The van der Waals surface area contributed by atoms with E-state index in [0.29, 0.717) is 19.6 Å². The Morgan fingerprint density at radius 3 is 2.20 bits per heavy atom. The second-order valence-electron chi connectivity index (χ2n) is 4.85. The van der Waals surface area contributed by atoms with Gasteiger partial charge in [0.25, 0.3) is 0 Å². The molecule has 0 saturated heterocycles. The Morgan fingerprint density at radius 1 is 1.27 bits per heavy atom. The zero-order chi connectivity index (χ0) is 12.1. The summed E-state index contributed by atoms with van der Waals surface area (Å²) in [7, 11) is 0. The maximum absolute atomic E-state index is 11.4. The second-order valence-corrected chi connectivity index (χ2v) is 4.85. The highest BCUT2D eigenvalue weighted by Gasteiger charge is 2.30. The number of carbonyl (C=O) groups excluding carboxylic acids is 1. The highest BCUT2D eigenvalue weighted by atomic mass is 16.5. The van der Waals surface area contributed by atoms with Crippen molar-refractivity contribution in [2.45, 2.75) is 52.2 Å². The van der Waals surface area contributed by atoms with E-state index in [1.807, 2.05) is 20.8 Å². The molecular formula is C11H23NO3. The standard InChI is InChI=1S/C11H23NO3/c1-6-14-9(13)11(5,12)7-8-15-10(2,3)4/h6-8,12H2,1-5H3. The number of carbonyl (C=O) groups is 1. The molecule has 0 heterocycles. The molecule has 0 spiro atoms. The zero-order valence-corrected chi connectivity index (χ0v) is 10.4. The van der Waals surface area contributed by atoms with Crippen LogP contribution in [0.25, 0.3) is 0 Å². The van der Waals surface area contributed by atoms with E-state index >= 15 is 0 Å². The van der Waals surface area contributed by atoms with Gasteiger partial charge in [-0.25, -0.2) is 0 Å². The molecule has 1 atom stereocenters. The van der Waals surface area contributed by atoms with Crippen LogP contribution in [0.5, 0.6) is 0 Å². The van der Waals surface area contributed by atoms with Crippen molar-refractivity contribution in [3.63, 3.8) is 0 Å². The molecular weight excluding hydrogens is 194 g/mol. The quantitative estimate of drug-likeness (QED) is 0.708. The third kappa shape index (κ3) is 6.47. The summed E-state index contributed by atoms with van der Waals surface area (Å²) in [6.45, 7) is 10.1. The van der Waals surface area contributed by atoms with Crippen LogP contribution >= 0.6 is 0 Å². The van der Waals surface area contributed by atoms with Crippen LogP contribution < -0.4 is 5.73 Å². The molecule has 0 aromatic rings. The maximum atomic E-state index is 11.4. The monoisotopic (exact) mass is 217 g/mol. The van der Waals surface area contributed by atoms with E-state index < -0.39 is 5.54 Å². The summed E-state index contributed by atoms with van der Waals surface area (Å²) in [6, 6.07) is 0. The summed E-state index contributed by atoms with van der Waals surface area (Å²) in [5, 5.41) is 0. The van der Waals surface area contributed by atoms with Crippen molar-refractivity contribution < 1.29 is 14.3 Å². The van der Waals surface area contributed by atoms with Crippen molar-refractivity contribution in [2.24, 2.45) is 5.73 Å². The van der Waals surface area contributed by atoms with Crippen molar-refractivity contribution in [1.82, 2.24) is 0 Å². The molecule has 0 aromatic heterocycles. The van der Waals surface area contributed by atoms with E-state index in [2.05, 4.69) is 0 Å². The Hall–Kier alpha value is -0.610. The van der Waals surface area contributed by atoms with Crippen LogP contribution in [0.2, 0.25) is 0 Å². The molecule has 0 aliphatic carbocycles. The van der Waals surface area contributed by atoms with Crippen LogP contribution in [0.1, 0.15) is 41.0 Å². The molecule has 4 heteroatoms. The largest absolute Gasteiger partial charge is 0.465 e. The van der Waals surface area contributed by atoms with Gasteiger partial charge in [0.05, 0.1) is 12.2 Å². The molecule has 0 aliphatic rings. The first-order chi connectivity index (χ1) is 6.69. The first-order valence-electron chi connectivity index (χ1n) is 5.29. The van der Waals surface area contributed by atoms with Crippen LogP contribution in [0.15, 0.2) is 0 Å². The Kier molecular flexibility index (Phi) is 5.24. The minimum Gasteiger partial charge on any atom is -0.465 e. The number of hydrogen-bond donors (Lipinski definition) is 1. The van der Waals surface area contributed by atoms with E-state index in [1.54, 1.807) is 13.8 Å². The van der Waals surface area contributed by atoms with Crippen LogP contribution in [0, 0.1) is 0 Å². The molecule has 0 rings (SSSR count). The Morgan fingerprint density at radius 2 is 1.80 bits per heavy atom. The predicted octanol–water partition coefficient (Wildman–Crippen LogP) is 1.47. The van der Waals surface area contributed by atoms with E-state index in [-0.39, 0.29) is 11.6 Å². The molecule has 0 amide bonds. The fourth-order valence-electron chi connectivity index (χ4n) is 0.967. The Bertz CT molecular complexity index is 206. The molecule has 15 heavy (non-hydrogen) atoms. The molecule has 1 unspecified atom stereocenters. The van der Waals surface area contributed by atoms with Gasteiger partial charge in [-0.05, 0) is 41.0 Å². The molecule has 0 aromatic carbocycles. The number of nitrogens with two attached hydrogens (primary N) is 1. The van der Waals surface area contributed by atoms with Gasteiger partial charge in [0.1, 0.15) is 5.54 Å². The van der Waals surface area contributed by atoms with E-state index in [1.165, 1.54) is 0 Å². The molecule has 0 radical (unpaired) electrons. The van der Waals surface area contributed by atoms with Crippen molar-refractivity contribution in [1.29, 1.82) is 0 Å². The molecule has 0 bridgehead atoms. The van der Waals surface area contributed by atoms with Crippen LogP contribution in [-0.4, -0.2) is 30.3 Å². The summed E-state index contributed by atoms with van der Waals surface area (Å²) < 4.78 is 10.4. The van der Waals surface area contributed by atoms with Crippen molar-refractivity contribution in [3.05, 3.63) is 0 Å². The second kappa shape index (κ2) is 5.47. The van der Waals surface area contributed by atoms with Crippen LogP contribution in [0.4, 0.5) is 0 Å². The number of ether oxygens (including phenoxy) is 2. The normalized spacial score (nSPS) is 15.9. The average Bonchev–Trinajstić information content (AvgIpc) is 2.01. The van der Waals surface area contributed by atoms with Gasteiger partial charge in [0.15, 0.2) is 0 Å². The van der Waals surface area contributed by atoms with E-state index in [4.69, 9.17) is 15.2 Å². The van der Waals surface area contributed by atoms with E-state index in [0.717, 1.165) is 0 Å². The average molecular weight is 217 g/mol. The molecule has 2 N–H and O–H groups in total. The lowest BCUT2D eigenvalue weighted by Gasteiger charge is -2.25. The van der Waals surface area contributed by atoms with Gasteiger partial charge < -0.3 is 15.2 Å². The lowest BCUT2D eigenvalue weighted by atomic mass is 10.0. The van der Waals surface area contributed by atoms with Crippen molar-refractivity contribution in [2.75, 3.05) is 13.2 Å². The van der Waals surface area contributed by atoms with Gasteiger partial charge in [-0.1, -0.05) is 0 Å². The lowest BCUT2D eigenvalue weighted by molar-refractivity contribution is -0.150. The minimum absolute atomic E-state index is 0.204. The van der Waals surface area contributed by atoms with Crippen LogP contribution in [-0.2, 0) is 14.3 Å². The van der Waals surface area contributed by atoms with Crippen molar-refractivity contribution >= 4 is 5.97 Å². The van der Waals surface area contributed by atoms with Gasteiger partial charge in [0.2, 0.25) is 0 Å². The first kappa shape index (κ1) is 14.4. The van der Waals surface area contributed by atoms with Crippen LogP contribution in [0.3, 0.4) is 0 Å². The zero-order valence-electron chi connectivity index (χ0n) is 10.4. The third-order valence-electron chi connectivity index (χ3n) is 1.90. The molecule has 0 aliphatic heterocycles. The molecule has 90 valence electrons. The summed E-state index contributed by atoms with van der Waals surface area (Å²) >= 11 is 0. The number of esters is 1. The van der Waals surface area contributed by atoms with Gasteiger partial charge in [-0.15, -0.1) is 0 Å². The summed E-state index contributed by atoms with van der Waals surface area (Å²) in [5.41, 5.74) is 4.66. The van der Waals surface area contributed by atoms with Crippen molar-refractivity contribution in [3.8, 4) is 0 Å². The Balaban J connectivity index is 3.99. The fraction of sp³-hybridized carbons (Fsp3) is 0.909. The summed E-state index contributed by atoms with van der Waals surface area (Å²) in [5.74, 6) is -0.373. The topological polar surface area (TPSA) is 61.5 Å². The van der Waals surface area contributed by atoms with Gasteiger partial charge in [0, 0.05) is 6.61 Å². The highest BCUT2D eigenvalue weighted by molar-refractivity contribution is 5.79. The predicted molar refractivity (Wildman–Crippen MR) is 59.5 cm³/mol. The first-order valence-corrected chi connectivity index (χ1v) is 5.29. The number of rotatable bonds is 5. The maximum Gasteiger partial charge on any atom is 0.325 e. The third-order valence-corrected chi connectivity index (χ3v) is 1.90. The van der Waals surface area contributed by atoms with Gasteiger partial charge in [-0.3, -0.25) is 4.79 Å². The summed E-state index contributed by atoms with van der Waals surface area (Å²) in [4.78, 5) is 11.4. The molecule has 4 nitrogen and oxygen atoms in total. The van der Waals surface area contributed by atoms with E-state index in [9.17, 15) is 4.79 Å². The highest BCUT2D eigenvalue weighted by Crippen LogP contribution is 2.12.